The third-order valence-corrected chi connectivity index (χ3v) is 3.61. The molecule has 1 N–H and O–H groups in total. The maximum Gasteiger partial charge on any atom is 0.258 e. The maximum atomic E-state index is 13.1. The van der Waals surface area contributed by atoms with E-state index in [1.54, 1.807) is 31.3 Å². The number of phenolic OH excluding ortho intramolecular Hbond substituents is 1. The molecule has 0 aliphatic heterocycles. The van der Waals surface area contributed by atoms with E-state index in [0.717, 1.165) is 0 Å². The van der Waals surface area contributed by atoms with Crippen LogP contribution >= 0.6 is 22.6 Å². The third-order valence-electron chi connectivity index (χ3n) is 2.69. The van der Waals surface area contributed by atoms with Crippen LogP contribution in [0.4, 0.5) is 10.1 Å². The standard InChI is InChI=1S/C14H11FINO2/c1-17(11-4-2-3-10(15)8-11)14(19)9-5-6-12(16)13(18)7-9/h2-8,18H,1H3. The molecule has 0 aromatic heterocycles. The van der Waals surface area contributed by atoms with Crippen molar-refractivity contribution < 1.29 is 14.3 Å². The summed E-state index contributed by atoms with van der Waals surface area (Å²) in [5.41, 5.74) is 0.813. The zero-order chi connectivity index (χ0) is 14.0. The molecule has 0 fully saturated rings. The molecule has 0 aliphatic carbocycles. The molecule has 0 spiro atoms. The highest BCUT2D eigenvalue weighted by atomic mass is 127. The van der Waals surface area contributed by atoms with Gasteiger partial charge in [-0.05, 0) is 59.0 Å². The van der Waals surface area contributed by atoms with Gasteiger partial charge in [-0.25, -0.2) is 4.39 Å². The largest absolute Gasteiger partial charge is 0.507 e. The number of rotatable bonds is 2. The number of halogens is 2. The quantitative estimate of drug-likeness (QED) is 0.823. The Kier molecular flexibility index (Phi) is 4.04. The minimum Gasteiger partial charge on any atom is -0.507 e. The average Bonchev–Trinajstić information content (AvgIpc) is 2.40. The minimum atomic E-state index is -0.400. The van der Waals surface area contributed by atoms with E-state index in [1.807, 2.05) is 22.6 Å². The molecule has 2 aromatic rings. The Labute approximate surface area is 123 Å². The van der Waals surface area contributed by atoms with Crippen LogP contribution < -0.4 is 4.90 Å². The molecule has 2 aromatic carbocycles. The lowest BCUT2D eigenvalue weighted by Crippen LogP contribution is -2.26. The molecule has 0 unspecified atom stereocenters. The van der Waals surface area contributed by atoms with Gasteiger partial charge >= 0.3 is 0 Å². The number of benzene rings is 2. The molecule has 0 heterocycles. The Bertz CT molecular complexity index is 631. The van der Waals surface area contributed by atoms with Crippen LogP contribution in [0.15, 0.2) is 42.5 Å². The van der Waals surface area contributed by atoms with Crippen molar-refractivity contribution in [3.63, 3.8) is 0 Å². The number of amides is 1. The third kappa shape index (κ3) is 3.04. The van der Waals surface area contributed by atoms with E-state index in [4.69, 9.17) is 0 Å². The smallest absolute Gasteiger partial charge is 0.258 e. The SMILES string of the molecule is CN(C(=O)c1ccc(I)c(O)c1)c1cccc(F)c1. The molecule has 0 saturated carbocycles. The number of nitrogens with zero attached hydrogens (tertiary/aromatic N) is 1. The summed E-state index contributed by atoms with van der Waals surface area (Å²) >= 11 is 1.97. The molecule has 19 heavy (non-hydrogen) atoms. The van der Waals surface area contributed by atoms with Gasteiger partial charge in [0.2, 0.25) is 0 Å². The van der Waals surface area contributed by atoms with E-state index in [-0.39, 0.29) is 11.7 Å². The van der Waals surface area contributed by atoms with Crippen LogP contribution in [0, 0.1) is 9.39 Å². The Balaban J connectivity index is 2.30. The summed E-state index contributed by atoms with van der Waals surface area (Å²) in [4.78, 5) is 13.5. The van der Waals surface area contributed by atoms with Crippen molar-refractivity contribution >= 4 is 34.2 Å². The van der Waals surface area contributed by atoms with Gasteiger partial charge < -0.3 is 10.0 Å². The molecule has 5 heteroatoms. The number of carbonyl (C=O) groups excluding carboxylic acids is 1. The molecule has 0 aliphatic rings. The van der Waals surface area contributed by atoms with E-state index in [1.165, 1.54) is 23.1 Å². The van der Waals surface area contributed by atoms with Crippen molar-refractivity contribution in [2.75, 3.05) is 11.9 Å². The minimum absolute atomic E-state index is 0.0547. The molecule has 2 rings (SSSR count). The summed E-state index contributed by atoms with van der Waals surface area (Å²) < 4.78 is 13.8. The number of phenols is 1. The van der Waals surface area contributed by atoms with E-state index in [2.05, 4.69) is 0 Å². The lowest BCUT2D eigenvalue weighted by Gasteiger charge is -2.17. The van der Waals surface area contributed by atoms with Crippen LogP contribution in [0.2, 0.25) is 0 Å². The first-order valence-electron chi connectivity index (χ1n) is 5.51. The predicted molar refractivity (Wildman–Crippen MR) is 80.0 cm³/mol. The first-order valence-corrected chi connectivity index (χ1v) is 6.59. The van der Waals surface area contributed by atoms with Crippen molar-refractivity contribution in [1.82, 2.24) is 0 Å². The second-order valence-electron chi connectivity index (χ2n) is 4.01. The predicted octanol–water partition coefficient (Wildman–Crippen LogP) is 3.41. The zero-order valence-electron chi connectivity index (χ0n) is 10.1. The number of aromatic hydroxyl groups is 1. The molecule has 3 nitrogen and oxygen atoms in total. The normalized spacial score (nSPS) is 10.3. The van der Waals surface area contributed by atoms with Crippen LogP contribution in [-0.2, 0) is 0 Å². The van der Waals surface area contributed by atoms with E-state index < -0.39 is 5.82 Å². The van der Waals surface area contributed by atoms with Gasteiger partial charge in [-0.2, -0.15) is 0 Å². The van der Waals surface area contributed by atoms with E-state index in [9.17, 15) is 14.3 Å². The van der Waals surface area contributed by atoms with E-state index in [0.29, 0.717) is 14.8 Å². The highest BCUT2D eigenvalue weighted by molar-refractivity contribution is 14.1. The van der Waals surface area contributed by atoms with Gasteiger partial charge in [-0.15, -0.1) is 0 Å². The lowest BCUT2D eigenvalue weighted by atomic mass is 10.2. The van der Waals surface area contributed by atoms with Crippen LogP contribution in [0.5, 0.6) is 5.75 Å². The molecule has 1 amide bonds. The van der Waals surface area contributed by atoms with Crippen LogP contribution in [-0.4, -0.2) is 18.1 Å². The fourth-order valence-electron chi connectivity index (χ4n) is 1.64. The van der Waals surface area contributed by atoms with Gasteiger partial charge in [0.05, 0.1) is 3.57 Å². The summed E-state index contributed by atoms with van der Waals surface area (Å²) in [6, 6.07) is 10.5. The summed E-state index contributed by atoms with van der Waals surface area (Å²) in [5.74, 6) is -0.654. The van der Waals surface area contributed by atoms with Crippen molar-refractivity contribution in [2.45, 2.75) is 0 Å². The Morgan fingerprint density at radius 1 is 1.26 bits per heavy atom. The first-order chi connectivity index (χ1) is 8.99. The highest BCUT2D eigenvalue weighted by Crippen LogP contribution is 2.23. The number of hydrogen-bond acceptors (Lipinski definition) is 2. The van der Waals surface area contributed by atoms with Gasteiger partial charge in [0.1, 0.15) is 11.6 Å². The summed E-state index contributed by atoms with van der Waals surface area (Å²) in [6.45, 7) is 0. The van der Waals surface area contributed by atoms with Gasteiger partial charge in [0.15, 0.2) is 0 Å². The number of hydrogen-bond donors (Lipinski definition) is 1. The van der Waals surface area contributed by atoms with Crippen LogP contribution in [0.3, 0.4) is 0 Å². The molecule has 0 bridgehead atoms. The van der Waals surface area contributed by atoms with Gasteiger partial charge in [0, 0.05) is 18.3 Å². The van der Waals surface area contributed by atoms with E-state index >= 15 is 0 Å². The number of carbonyl (C=O) groups is 1. The van der Waals surface area contributed by atoms with Gasteiger partial charge in [0.25, 0.3) is 5.91 Å². The molecule has 0 atom stereocenters. The summed E-state index contributed by atoms with van der Waals surface area (Å²) in [5, 5.41) is 9.61. The number of anilines is 1. The topological polar surface area (TPSA) is 40.5 Å². The molecular weight excluding hydrogens is 360 g/mol. The van der Waals surface area contributed by atoms with Crippen molar-refractivity contribution in [3.8, 4) is 5.75 Å². The van der Waals surface area contributed by atoms with Crippen molar-refractivity contribution in [2.24, 2.45) is 0 Å². The Hall–Kier alpha value is -1.63. The summed E-state index contributed by atoms with van der Waals surface area (Å²) in [6.07, 6.45) is 0. The van der Waals surface area contributed by atoms with Gasteiger partial charge in [-0.1, -0.05) is 6.07 Å². The molecule has 98 valence electrons. The molecule has 0 saturated heterocycles. The van der Waals surface area contributed by atoms with Crippen LogP contribution in [0.1, 0.15) is 10.4 Å². The van der Waals surface area contributed by atoms with Crippen molar-refractivity contribution in [3.05, 3.63) is 57.4 Å². The van der Waals surface area contributed by atoms with Crippen LogP contribution in [0.25, 0.3) is 0 Å². The highest BCUT2D eigenvalue weighted by Gasteiger charge is 2.15. The second kappa shape index (κ2) is 5.56. The molecule has 0 radical (unpaired) electrons. The average molecular weight is 371 g/mol. The lowest BCUT2D eigenvalue weighted by molar-refractivity contribution is 0.0992. The van der Waals surface area contributed by atoms with Crippen molar-refractivity contribution in [1.29, 1.82) is 0 Å². The fourth-order valence-corrected chi connectivity index (χ4v) is 1.98. The zero-order valence-corrected chi connectivity index (χ0v) is 12.3. The summed E-state index contributed by atoms with van der Waals surface area (Å²) in [7, 11) is 1.56. The maximum absolute atomic E-state index is 13.1. The second-order valence-corrected chi connectivity index (χ2v) is 5.17. The fraction of sp³-hybridized carbons (Fsp3) is 0.0714. The Morgan fingerprint density at radius 2 is 2.00 bits per heavy atom. The molecular formula is C14H11FINO2. The Morgan fingerprint density at radius 3 is 2.63 bits per heavy atom. The first kappa shape index (κ1) is 13.8. The van der Waals surface area contributed by atoms with Gasteiger partial charge in [-0.3, -0.25) is 4.79 Å². The monoisotopic (exact) mass is 371 g/mol.